The quantitative estimate of drug-likeness (QED) is 0.225. The SMILES string of the molecule is Cc1sc(N2C[C@@H](C(=O)OCC(=O)c3cccc([N+](=O)[O-])c3)CC2=O)nc1-c1ccccc1. The Morgan fingerprint density at radius 1 is 1.21 bits per heavy atom. The lowest BCUT2D eigenvalue weighted by Crippen LogP contribution is -2.27. The highest BCUT2D eigenvalue weighted by Gasteiger charge is 2.38. The number of anilines is 1. The second-order valence-corrected chi connectivity index (χ2v) is 8.69. The minimum absolute atomic E-state index is 0.0386. The van der Waals surface area contributed by atoms with Gasteiger partial charge in [0.2, 0.25) is 11.7 Å². The molecule has 0 aliphatic carbocycles. The molecule has 3 aromatic rings. The van der Waals surface area contributed by atoms with Gasteiger partial charge in [-0.2, -0.15) is 0 Å². The number of nitro benzene ring substituents is 1. The van der Waals surface area contributed by atoms with Crippen molar-refractivity contribution >= 4 is 39.8 Å². The highest BCUT2D eigenvalue weighted by Crippen LogP contribution is 2.35. The molecular weight excluding hydrogens is 446 g/mol. The van der Waals surface area contributed by atoms with Crippen LogP contribution in [0.2, 0.25) is 0 Å². The normalized spacial score (nSPS) is 15.5. The van der Waals surface area contributed by atoms with Gasteiger partial charge in [0.25, 0.3) is 5.69 Å². The van der Waals surface area contributed by atoms with Crippen LogP contribution in [0.1, 0.15) is 21.7 Å². The van der Waals surface area contributed by atoms with Gasteiger partial charge in [0, 0.05) is 41.1 Å². The maximum Gasteiger partial charge on any atom is 0.311 e. The Kier molecular flexibility index (Phi) is 6.27. The molecule has 1 aromatic heterocycles. The summed E-state index contributed by atoms with van der Waals surface area (Å²) in [7, 11) is 0. The number of ketones is 1. The molecule has 2 heterocycles. The average molecular weight is 465 g/mol. The number of aromatic nitrogens is 1. The number of non-ortho nitro benzene ring substituents is 1. The number of Topliss-reactive ketones (excluding diaryl/α,β-unsaturated/α-hetero) is 1. The Balaban J connectivity index is 1.39. The van der Waals surface area contributed by atoms with Crippen LogP contribution in [0.5, 0.6) is 0 Å². The molecule has 168 valence electrons. The second-order valence-electron chi connectivity index (χ2n) is 7.51. The number of hydrogen-bond acceptors (Lipinski definition) is 8. The number of rotatable bonds is 7. The van der Waals surface area contributed by atoms with Gasteiger partial charge in [-0.1, -0.05) is 42.5 Å². The van der Waals surface area contributed by atoms with Crippen LogP contribution in [0.3, 0.4) is 0 Å². The number of ether oxygens (including phenoxy) is 1. The lowest BCUT2D eigenvalue weighted by Gasteiger charge is -2.12. The van der Waals surface area contributed by atoms with Crippen molar-refractivity contribution in [3.8, 4) is 11.3 Å². The van der Waals surface area contributed by atoms with Crippen LogP contribution in [0, 0.1) is 23.0 Å². The molecule has 1 amide bonds. The molecule has 9 nitrogen and oxygen atoms in total. The Hall–Kier alpha value is -3.92. The van der Waals surface area contributed by atoms with Crippen LogP contribution in [0.25, 0.3) is 11.3 Å². The van der Waals surface area contributed by atoms with E-state index in [0.29, 0.717) is 5.13 Å². The maximum absolute atomic E-state index is 12.6. The lowest BCUT2D eigenvalue weighted by atomic mass is 10.1. The Labute approximate surface area is 192 Å². The van der Waals surface area contributed by atoms with E-state index < -0.39 is 29.2 Å². The molecule has 0 N–H and O–H groups in total. The summed E-state index contributed by atoms with van der Waals surface area (Å²) in [6, 6.07) is 14.8. The van der Waals surface area contributed by atoms with Gasteiger partial charge in [0.05, 0.1) is 16.5 Å². The summed E-state index contributed by atoms with van der Waals surface area (Å²) in [5.74, 6) is -2.19. The van der Waals surface area contributed by atoms with Gasteiger partial charge in [0.15, 0.2) is 11.7 Å². The first-order valence-corrected chi connectivity index (χ1v) is 10.9. The van der Waals surface area contributed by atoms with Gasteiger partial charge in [-0.15, -0.1) is 11.3 Å². The lowest BCUT2D eigenvalue weighted by molar-refractivity contribution is -0.384. The highest BCUT2D eigenvalue weighted by molar-refractivity contribution is 7.16. The molecule has 4 rings (SSSR count). The number of thiazole rings is 1. The van der Waals surface area contributed by atoms with E-state index >= 15 is 0 Å². The number of hydrogen-bond donors (Lipinski definition) is 0. The third-order valence-corrected chi connectivity index (χ3v) is 6.24. The van der Waals surface area contributed by atoms with Crippen molar-refractivity contribution in [2.45, 2.75) is 13.3 Å². The van der Waals surface area contributed by atoms with E-state index in [4.69, 9.17) is 4.74 Å². The minimum atomic E-state index is -0.722. The fraction of sp³-hybridized carbons (Fsp3) is 0.217. The molecule has 1 atom stereocenters. The Bertz CT molecular complexity index is 1240. The number of aryl methyl sites for hydroxylation is 1. The zero-order valence-electron chi connectivity index (χ0n) is 17.6. The van der Waals surface area contributed by atoms with Gasteiger partial charge in [-0.05, 0) is 6.92 Å². The van der Waals surface area contributed by atoms with E-state index in [2.05, 4.69) is 4.98 Å². The van der Waals surface area contributed by atoms with Crippen LogP contribution in [-0.4, -0.2) is 40.7 Å². The summed E-state index contributed by atoms with van der Waals surface area (Å²) in [6.07, 6.45) is -0.0386. The predicted octanol–water partition coefficient (Wildman–Crippen LogP) is 3.81. The summed E-state index contributed by atoms with van der Waals surface area (Å²) in [6.45, 7) is 1.48. The van der Waals surface area contributed by atoms with Gasteiger partial charge in [-0.25, -0.2) is 4.98 Å². The van der Waals surface area contributed by atoms with E-state index in [9.17, 15) is 24.5 Å². The molecule has 1 fully saturated rings. The van der Waals surface area contributed by atoms with Crippen LogP contribution in [-0.2, 0) is 14.3 Å². The standard InChI is InChI=1S/C23H19N3O6S/c1-14-21(15-6-3-2-4-7-15)24-23(33-14)25-12-17(11-20(25)28)22(29)32-13-19(27)16-8-5-9-18(10-16)26(30)31/h2-10,17H,11-13H2,1H3/t17-/m0/s1. The van der Waals surface area contributed by atoms with Crippen LogP contribution >= 0.6 is 11.3 Å². The van der Waals surface area contributed by atoms with Crippen LogP contribution in [0.15, 0.2) is 54.6 Å². The largest absolute Gasteiger partial charge is 0.457 e. The first kappa shape index (κ1) is 22.3. The van der Waals surface area contributed by atoms with E-state index in [1.807, 2.05) is 37.3 Å². The number of esters is 1. The van der Waals surface area contributed by atoms with E-state index in [1.165, 1.54) is 34.4 Å². The predicted molar refractivity (Wildman–Crippen MR) is 121 cm³/mol. The second kappa shape index (κ2) is 9.29. The Morgan fingerprint density at radius 3 is 2.70 bits per heavy atom. The molecule has 1 saturated heterocycles. The first-order valence-electron chi connectivity index (χ1n) is 10.1. The van der Waals surface area contributed by atoms with Gasteiger partial charge < -0.3 is 4.74 Å². The van der Waals surface area contributed by atoms with E-state index in [1.54, 1.807) is 0 Å². The molecule has 33 heavy (non-hydrogen) atoms. The van der Waals surface area contributed by atoms with Crippen molar-refractivity contribution in [3.05, 3.63) is 75.2 Å². The van der Waals surface area contributed by atoms with Crippen LogP contribution < -0.4 is 4.90 Å². The van der Waals surface area contributed by atoms with Gasteiger partial charge >= 0.3 is 5.97 Å². The topological polar surface area (TPSA) is 120 Å². The zero-order valence-corrected chi connectivity index (χ0v) is 18.4. The number of amides is 1. The fourth-order valence-electron chi connectivity index (χ4n) is 3.54. The van der Waals surface area contributed by atoms with Crippen molar-refractivity contribution in [1.29, 1.82) is 0 Å². The monoisotopic (exact) mass is 465 g/mol. The summed E-state index contributed by atoms with van der Waals surface area (Å²) in [5.41, 5.74) is 1.59. The minimum Gasteiger partial charge on any atom is -0.457 e. The smallest absolute Gasteiger partial charge is 0.311 e. The van der Waals surface area contributed by atoms with Gasteiger partial charge in [0.1, 0.15) is 0 Å². The van der Waals surface area contributed by atoms with Crippen molar-refractivity contribution in [3.63, 3.8) is 0 Å². The summed E-state index contributed by atoms with van der Waals surface area (Å²) in [5, 5.41) is 11.4. The molecule has 2 aromatic carbocycles. The van der Waals surface area contributed by atoms with Crippen LogP contribution in [0.4, 0.5) is 10.8 Å². The maximum atomic E-state index is 12.6. The van der Waals surface area contributed by atoms with Crippen molar-refractivity contribution < 1.29 is 24.0 Å². The van der Waals surface area contributed by atoms with Crippen molar-refractivity contribution in [2.24, 2.45) is 5.92 Å². The number of nitrogens with zero attached hydrogens (tertiary/aromatic N) is 3. The molecule has 0 saturated carbocycles. The summed E-state index contributed by atoms with van der Waals surface area (Å²) < 4.78 is 5.12. The van der Waals surface area contributed by atoms with Gasteiger partial charge in [-0.3, -0.25) is 29.4 Å². The number of carbonyl (C=O) groups is 3. The number of benzene rings is 2. The molecule has 1 aliphatic rings. The molecule has 0 radical (unpaired) electrons. The molecular formula is C23H19N3O6S. The summed E-state index contributed by atoms with van der Waals surface area (Å²) in [4.78, 5) is 54.6. The highest BCUT2D eigenvalue weighted by atomic mass is 32.1. The summed E-state index contributed by atoms with van der Waals surface area (Å²) >= 11 is 1.38. The van der Waals surface area contributed by atoms with E-state index in [-0.39, 0.29) is 30.1 Å². The first-order chi connectivity index (χ1) is 15.8. The number of carbonyl (C=O) groups excluding carboxylic acids is 3. The molecule has 0 spiro atoms. The zero-order chi connectivity index (χ0) is 23.5. The van der Waals surface area contributed by atoms with Crippen molar-refractivity contribution in [2.75, 3.05) is 18.1 Å². The molecule has 1 aliphatic heterocycles. The molecule has 0 bridgehead atoms. The van der Waals surface area contributed by atoms with E-state index in [0.717, 1.165) is 22.2 Å². The molecule has 0 unspecified atom stereocenters. The average Bonchev–Trinajstić information content (AvgIpc) is 3.40. The fourth-order valence-corrected chi connectivity index (χ4v) is 4.50. The Morgan fingerprint density at radius 2 is 1.97 bits per heavy atom. The third kappa shape index (κ3) is 4.80. The third-order valence-electron chi connectivity index (χ3n) is 5.25. The van der Waals surface area contributed by atoms with Crippen molar-refractivity contribution in [1.82, 2.24) is 4.98 Å². The number of nitro groups is 1. The molecule has 10 heteroatoms.